The van der Waals surface area contributed by atoms with E-state index in [1.165, 1.54) is 6.33 Å². The molecule has 0 spiro atoms. The normalized spacial score (nSPS) is 13.3. The Labute approximate surface area is 185 Å². The number of aromatic nitrogens is 4. The van der Waals surface area contributed by atoms with Crippen molar-refractivity contribution in [2.75, 3.05) is 23.7 Å². The van der Waals surface area contributed by atoms with Crippen LogP contribution in [0.2, 0.25) is 5.15 Å². The molecule has 2 N–H and O–H groups in total. The number of hydrogen-bond donors (Lipinski definition) is 2. The fourth-order valence-corrected chi connectivity index (χ4v) is 6.22. The number of benzene rings is 1. The van der Waals surface area contributed by atoms with Gasteiger partial charge in [-0.2, -0.15) is 0 Å². The van der Waals surface area contributed by atoms with E-state index >= 15 is 0 Å². The number of anilines is 2. The first-order valence-electron chi connectivity index (χ1n) is 8.92. The third-order valence-electron chi connectivity index (χ3n) is 4.05. The topological polar surface area (TPSA) is 112 Å². The van der Waals surface area contributed by atoms with Crippen LogP contribution in [0.1, 0.15) is 5.56 Å². The predicted octanol–water partition coefficient (Wildman–Crippen LogP) is 4.17. The Morgan fingerprint density at radius 2 is 1.90 bits per heavy atom. The van der Waals surface area contributed by atoms with Crippen molar-refractivity contribution in [3.05, 3.63) is 67.4 Å². The van der Waals surface area contributed by atoms with E-state index in [9.17, 15) is 0 Å². The molecule has 0 amide bonds. The molecular formula is C20H16ClIN8. The van der Waals surface area contributed by atoms with E-state index in [4.69, 9.17) is 21.8 Å². The molecule has 10 heteroatoms. The van der Waals surface area contributed by atoms with Crippen molar-refractivity contribution < 1.29 is 0 Å². The molecule has 8 nitrogen and oxygen atoms in total. The number of rotatable bonds is 7. The Morgan fingerprint density at radius 3 is 2.63 bits per heavy atom. The third kappa shape index (κ3) is 4.90. The summed E-state index contributed by atoms with van der Waals surface area (Å²) in [5, 5.41) is 15.9. The van der Waals surface area contributed by atoms with Gasteiger partial charge in [-0.05, 0) is 0 Å². The molecule has 0 saturated carbocycles. The van der Waals surface area contributed by atoms with E-state index < -0.39 is 19.8 Å². The first-order chi connectivity index (χ1) is 14.7. The molecule has 3 heterocycles. The summed E-state index contributed by atoms with van der Waals surface area (Å²) in [6.07, 6.45) is 5.13. The van der Waals surface area contributed by atoms with Gasteiger partial charge in [-0.25, -0.2) is 0 Å². The van der Waals surface area contributed by atoms with Crippen LogP contribution in [0.4, 0.5) is 11.8 Å². The third-order valence-corrected chi connectivity index (χ3v) is 8.41. The van der Waals surface area contributed by atoms with E-state index in [1.54, 1.807) is 18.2 Å². The van der Waals surface area contributed by atoms with Crippen molar-refractivity contribution in [1.29, 1.82) is 5.26 Å². The molecule has 30 heavy (non-hydrogen) atoms. The predicted molar refractivity (Wildman–Crippen MR) is 127 cm³/mol. The molecule has 0 atom stereocenters. The van der Waals surface area contributed by atoms with Gasteiger partial charge >= 0.3 is 186 Å². The molecule has 150 valence electrons. The zero-order chi connectivity index (χ0) is 20.8. The molecule has 1 aliphatic heterocycles. The van der Waals surface area contributed by atoms with Crippen LogP contribution in [-0.4, -0.2) is 37.2 Å². The van der Waals surface area contributed by atoms with Crippen LogP contribution in [0.25, 0.3) is 11.3 Å². The fraction of sp³-hybridized carbons (Fsp3) is 0.100. The van der Waals surface area contributed by atoms with Gasteiger partial charge in [0.2, 0.25) is 0 Å². The van der Waals surface area contributed by atoms with Gasteiger partial charge in [0, 0.05) is 0 Å². The van der Waals surface area contributed by atoms with Crippen LogP contribution in [0.5, 0.6) is 0 Å². The molecule has 0 saturated heterocycles. The number of hydrogen-bond acceptors (Lipinski definition) is 8. The standard InChI is InChI=1S/C20H16ClIN8/c21-17-9-18(29-13-28-17)25-7-8-26-20-27-11-16(22-5-6-24-12-22)19(30-20)15-3-1-14(10-23)2-4-15/h1-6,9,11-13H,7-8H2,(H,25,28,29)(H,26,27,30). The molecule has 0 unspecified atom stereocenters. The minimum absolute atomic E-state index is 0.389. The van der Waals surface area contributed by atoms with Crippen molar-refractivity contribution in [3.8, 4) is 17.3 Å². The number of nitriles is 1. The number of aliphatic imine (C=N–C) groups is 1. The van der Waals surface area contributed by atoms with Gasteiger partial charge in [0.1, 0.15) is 0 Å². The van der Waals surface area contributed by atoms with Crippen LogP contribution in [0.15, 0.2) is 58.1 Å². The van der Waals surface area contributed by atoms with Crippen molar-refractivity contribution in [1.82, 2.24) is 19.9 Å². The van der Waals surface area contributed by atoms with Crippen LogP contribution in [0, 0.1) is 14.9 Å². The number of halogens is 2. The molecule has 1 aliphatic rings. The zero-order valence-corrected chi connectivity index (χ0v) is 18.5. The Bertz CT molecular complexity index is 1130. The molecule has 2 aromatic heterocycles. The molecule has 4 rings (SSSR count). The van der Waals surface area contributed by atoms with Gasteiger partial charge in [-0.3, -0.25) is 0 Å². The zero-order valence-electron chi connectivity index (χ0n) is 15.6. The summed E-state index contributed by atoms with van der Waals surface area (Å²) in [4.78, 5) is 21.5. The summed E-state index contributed by atoms with van der Waals surface area (Å²) in [7, 11) is 0. The monoisotopic (exact) mass is 530 g/mol. The molecule has 0 aliphatic carbocycles. The summed E-state index contributed by atoms with van der Waals surface area (Å²) in [6, 6.07) is 11.2. The summed E-state index contributed by atoms with van der Waals surface area (Å²) in [5.74, 6) is 1.20. The summed E-state index contributed by atoms with van der Waals surface area (Å²) >= 11 is 4.17. The number of nitrogens with one attached hydrogen (secondary N) is 2. The second kappa shape index (κ2) is 9.60. The van der Waals surface area contributed by atoms with E-state index in [0.29, 0.717) is 35.6 Å². The second-order valence-electron chi connectivity index (χ2n) is 6.02. The van der Waals surface area contributed by atoms with Gasteiger partial charge in [0.25, 0.3) is 0 Å². The number of nitrogens with zero attached hydrogens (tertiary/aromatic N) is 6. The second-order valence-corrected chi connectivity index (χ2v) is 10.8. The van der Waals surface area contributed by atoms with Gasteiger partial charge < -0.3 is 0 Å². The van der Waals surface area contributed by atoms with E-state index in [-0.39, 0.29) is 0 Å². The van der Waals surface area contributed by atoms with Crippen LogP contribution in [0.3, 0.4) is 0 Å². The Hall–Kier alpha value is -3.10. The molecular weight excluding hydrogens is 515 g/mol. The van der Waals surface area contributed by atoms with Crippen LogP contribution in [-0.2, 0) is 0 Å². The maximum atomic E-state index is 9.06. The summed E-state index contributed by atoms with van der Waals surface area (Å²) in [5.41, 5.74) is 2.44. The van der Waals surface area contributed by atoms with Crippen molar-refractivity contribution in [3.63, 3.8) is 0 Å². The molecule has 0 radical (unpaired) electrons. The van der Waals surface area contributed by atoms with Crippen LogP contribution < -0.4 is 10.6 Å². The first kappa shape index (κ1) is 20.2. The Morgan fingerprint density at radius 1 is 1.07 bits per heavy atom. The van der Waals surface area contributed by atoms with Gasteiger partial charge in [0.15, 0.2) is 0 Å². The van der Waals surface area contributed by atoms with E-state index in [1.807, 2.05) is 28.8 Å². The minimum atomic E-state index is -1.69. The van der Waals surface area contributed by atoms with E-state index in [2.05, 4.69) is 40.7 Å². The van der Waals surface area contributed by atoms with Gasteiger partial charge in [-0.15, -0.1) is 0 Å². The van der Waals surface area contributed by atoms with Gasteiger partial charge in [0.05, 0.1) is 0 Å². The molecule has 0 fully saturated rings. The average molecular weight is 531 g/mol. The Kier molecular flexibility index (Phi) is 6.46. The van der Waals surface area contributed by atoms with Crippen LogP contribution >= 0.6 is 31.4 Å². The molecule has 0 bridgehead atoms. The first-order valence-corrected chi connectivity index (χ1v) is 12.9. The van der Waals surface area contributed by atoms with Crippen molar-refractivity contribution in [2.45, 2.75) is 0 Å². The molecule has 1 aromatic carbocycles. The van der Waals surface area contributed by atoms with E-state index in [0.717, 1.165) is 14.8 Å². The fourth-order valence-electron chi connectivity index (χ4n) is 2.65. The average Bonchev–Trinajstić information content (AvgIpc) is 3.31. The maximum absolute atomic E-state index is 9.06. The SMILES string of the molecule is N#Cc1ccc(-c2nc(NCCNc3cc(Cl)ncn3)ncc2I2C=CN=C2)cc1. The quantitative estimate of drug-likeness (QED) is 0.268. The van der Waals surface area contributed by atoms with Crippen molar-refractivity contribution in [2.24, 2.45) is 4.99 Å². The van der Waals surface area contributed by atoms with Gasteiger partial charge in [-0.1, -0.05) is 0 Å². The molecule has 3 aromatic rings. The van der Waals surface area contributed by atoms with Crippen molar-refractivity contribution >= 4 is 47.4 Å². The summed E-state index contributed by atoms with van der Waals surface area (Å²) in [6.45, 7) is 1.20. The Balaban J connectivity index is 1.50. The summed E-state index contributed by atoms with van der Waals surface area (Å²) < 4.78 is 5.28.